The second-order valence-electron chi connectivity index (χ2n) is 14.0. The van der Waals surface area contributed by atoms with Gasteiger partial charge in [-0.3, -0.25) is 24.0 Å². The maximum Gasteiger partial charge on any atom is 0.270 e. The van der Waals surface area contributed by atoms with Crippen molar-refractivity contribution in [2.45, 2.75) is 96.2 Å². The van der Waals surface area contributed by atoms with E-state index in [0.717, 1.165) is 32.2 Å². The van der Waals surface area contributed by atoms with Crippen LogP contribution >= 0.6 is 0 Å². The zero-order chi connectivity index (χ0) is 34.7. The Morgan fingerprint density at radius 2 is 1.75 bits per heavy atom. The lowest BCUT2D eigenvalue weighted by molar-refractivity contribution is -0.130. The normalized spacial score (nSPS) is 22.9. The topological polar surface area (TPSA) is 141 Å². The van der Waals surface area contributed by atoms with E-state index >= 15 is 4.39 Å². The summed E-state index contributed by atoms with van der Waals surface area (Å²) < 4.78 is 22.4. The van der Waals surface area contributed by atoms with E-state index in [0.29, 0.717) is 36.2 Å². The standard InChI is InChI=1S/C35H52FN7O5/c1-7-43-28(14-15-37-43)33(45)40-32(30(23-8-9-23)24-10-11-24)34(46)38-27-13-12-25(16-26(27)36)22(4)31(39-29(44)19-48-6)35(47)42-18-20(2)41(5)17-21(42)3/h12-16,20-24,30-32,35,47H,7-11,17-19H2,1-6H3,(H,38,46)(H,39,44)(H,40,45)/t20-,21-,22+,31-,32+,35?/m1/s1. The number of aliphatic hydroxyl groups is 1. The van der Waals surface area contributed by atoms with Gasteiger partial charge in [0.15, 0.2) is 0 Å². The summed E-state index contributed by atoms with van der Waals surface area (Å²) in [7, 11) is 3.47. The molecule has 3 aliphatic rings. The van der Waals surface area contributed by atoms with Crippen LogP contribution in [0.2, 0.25) is 0 Å². The molecule has 1 aromatic carbocycles. The lowest BCUT2D eigenvalue weighted by Crippen LogP contribution is -2.63. The molecule has 12 nitrogen and oxygen atoms in total. The van der Waals surface area contributed by atoms with Crippen LogP contribution in [0.15, 0.2) is 30.5 Å². The van der Waals surface area contributed by atoms with Crippen molar-refractivity contribution >= 4 is 23.4 Å². The average molecular weight is 670 g/mol. The molecule has 264 valence electrons. The molecule has 1 aromatic heterocycles. The van der Waals surface area contributed by atoms with Crippen molar-refractivity contribution in [2.75, 3.05) is 39.2 Å². The number of rotatable bonds is 15. The number of likely N-dealkylation sites (N-methyl/N-ethyl adjacent to an activating group) is 1. The summed E-state index contributed by atoms with van der Waals surface area (Å²) in [5.41, 5.74) is 0.926. The smallest absolute Gasteiger partial charge is 0.270 e. The number of halogens is 1. The fourth-order valence-electron chi connectivity index (χ4n) is 7.27. The minimum absolute atomic E-state index is 0.00109. The van der Waals surface area contributed by atoms with E-state index in [1.165, 1.54) is 19.2 Å². The molecule has 48 heavy (non-hydrogen) atoms. The number of piperazine rings is 1. The Hall–Kier alpha value is -3.39. The molecular formula is C35H52FN7O5. The first-order valence-electron chi connectivity index (χ1n) is 17.3. The van der Waals surface area contributed by atoms with E-state index in [1.54, 1.807) is 23.0 Å². The molecule has 1 aliphatic heterocycles. The molecule has 1 unspecified atom stereocenters. The Bertz CT molecular complexity index is 1430. The summed E-state index contributed by atoms with van der Waals surface area (Å²) in [5.74, 6) is -1.68. The van der Waals surface area contributed by atoms with E-state index in [4.69, 9.17) is 4.74 Å². The number of ether oxygens (including phenoxy) is 1. The van der Waals surface area contributed by atoms with Gasteiger partial charge in [-0.15, -0.1) is 0 Å². The third kappa shape index (κ3) is 8.24. The van der Waals surface area contributed by atoms with Crippen molar-refractivity contribution in [2.24, 2.45) is 17.8 Å². The van der Waals surface area contributed by atoms with Crippen LogP contribution in [0, 0.1) is 23.6 Å². The van der Waals surface area contributed by atoms with Crippen molar-refractivity contribution < 1.29 is 28.6 Å². The van der Waals surface area contributed by atoms with Crippen LogP contribution < -0.4 is 16.0 Å². The number of aliphatic hydroxyl groups excluding tert-OH is 1. The monoisotopic (exact) mass is 669 g/mol. The SMILES string of the molecule is CCn1nccc1C(=O)N[C@H](C(=O)Nc1ccc([C@H](C)[C@@H](NC(=O)COC)C(O)N2C[C@@H](C)N(C)C[C@H]2C)cc1F)C(C1CC1)C1CC1. The van der Waals surface area contributed by atoms with Gasteiger partial charge in [-0.2, -0.15) is 5.10 Å². The van der Waals surface area contributed by atoms with Crippen LogP contribution in [-0.2, 0) is 20.9 Å². The summed E-state index contributed by atoms with van der Waals surface area (Å²) in [6, 6.07) is 4.81. The number of benzene rings is 1. The Morgan fingerprint density at radius 1 is 1.06 bits per heavy atom. The van der Waals surface area contributed by atoms with Gasteiger partial charge < -0.3 is 30.7 Å². The summed E-state index contributed by atoms with van der Waals surface area (Å²) in [4.78, 5) is 44.1. The molecule has 1 saturated heterocycles. The van der Waals surface area contributed by atoms with Crippen molar-refractivity contribution in [1.82, 2.24) is 30.2 Å². The number of carbonyl (C=O) groups is 3. The number of nitrogens with zero attached hydrogens (tertiary/aromatic N) is 4. The van der Waals surface area contributed by atoms with E-state index in [9.17, 15) is 19.5 Å². The van der Waals surface area contributed by atoms with Gasteiger partial charge in [0.25, 0.3) is 5.91 Å². The zero-order valence-electron chi connectivity index (χ0n) is 29.0. The van der Waals surface area contributed by atoms with Gasteiger partial charge in [0, 0.05) is 50.9 Å². The van der Waals surface area contributed by atoms with Crippen molar-refractivity contribution in [3.8, 4) is 0 Å². The lowest BCUT2D eigenvalue weighted by Gasteiger charge is -2.47. The summed E-state index contributed by atoms with van der Waals surface area (Å²) in [6.45, 7) is 9.53. The molecule has 2 heterocycles. The highest BCUT2D eigenvalue weighted by Gasteiger charge is 2.48. The molecule has 0 spiro atoms. The average Bonchev–Trinajstić information content (AvgIpc) is 4.00. The molecule has 5 rings (SSSR count). The molecule has 0 radical (unpaired) electrons. The summed E-state index contributed by atoms with van der Waals surface area (Å²) in [5, 5.41) is 24.5. The molecule has 4 N–H and O–H groups in total. The molecule has 3 fully saturated rings. The molecule has 3 amide bonds. The van der Waals surface area contributed by atoms with E-state index < -0.39 is 36.0 Å². The maximum absolute atomic E-state index is 15.8. The van der Waals surface area contributed by atoms with E-state index in [-0.39, 0.29) is 42.1 Å². The van der Waals surface area contributed by atoms with Gasteiger partial charge in [0.1, 0.15) is 30.4 Å². The molecule has 2 saturated carbocycles. The number of hydrogen-bond donors (Lipinski definition) is 4. The Balaban J connectivity index is 1.35. The summed E-state index contributed by atoms with van der Waals surface area (Å²) in [6.07, 6.45) is 4.55. The van der Waals surface area contributed by atoms with E-state index in [1.807, 2.05) is 32.7 Å². The lowest BCUT2D eigenvalue weighted by atomic mass is 9.88. The highest BCUT2D eigenvalue weighted by molar-refractivity contribution is 6.00. The number of hydrogen-bond acceptors (Lipinski definition) is 8. The Morgan fingerprint density at radius 3 is 2.35 bits per heavy atom. The fraction of sp³-hybridized carbons (Fsp3) is 0.657. The second-order valence-corrected chi connectivity index (χ2v) is 14.0. The number of amides is 3. The number of methoxy groups -OCH3 is 1. The molecule has 2 aromatic rings. The summed E-state index contributed by atoms with van der Waals surface area (Å²) >= 11 is 0. The fourth-order valence-corrected chi connectivity index (χ4v) is 7.27. The van der Waals surface area contributed by atoms with Crippen molar-refractivity contribution in [3.05, 3.63) is 47.5 Å². The largest absolute Gasteiger partial charge is 0.376 e. The number of carbonyl (C=O) groups excluding carboxylic acids is 3. The molecule has 2 aliphatic carbocycles. The third-order valence-electron chi connectivity index (χ3n) is 10.5. The first kappa shape index (κ1) is 35.9. The molecule has 13 heteroatoms. The van der Waals surface area contributed by atoms with Crippen LogP contribution in [0.4, 0.5) is 10.1 Å². The Labute approximate surface area is 282 Å². The van der Waals surface area contributed by atoms with Gasteiger partial charge in [-0.1, -0.05) is 13.0 Å². The zero-order valence-corrected chi connectivity index (χ0v) is 29.0. The third-order valence-corrected chi connectivity index (χ3v) is 10.5. The van der Waals surface area contributed by atoms with Crippen LogP contribution in [0.5, 0.6) is 0 Å². The van der Waals surface area contributed by atoms with Crippen LogP contribution in [0.3, 0.4) is 0 Å². The first-order chi connectivity index (χ1) is 22.9. The molecule has 0 bridgehead atoms. The maximum atomic E-state index is 15.8. The number of anilines is 1. The van der Waals surface area contributed by atoms with Gasteiger partial charge in [0.05, 0.1) is 11.7 Å². The van der Waals surface area contributed by atoms with E-state index in [2.05, 4.69) is 32.9 Å². The van der Waals surface area contributed by atoms with Gasteiger partial charge in [0.2, 0.25) is 11.8 Å². The first-order valence-corrected chi connectivity index (χ1v) is 17.3. The van der Waals surface area contributed by atoms with Crippen LogP contribution in [0.1, 0.15) is 75.3 Å². The van der Waals surface area contributed by atoms with Gasteiger partial charge in [-0.05, 0) is 95.0 Å². The van der Waals surface area contributed by atoms with Gasteiger partial charge >= 0.3 is 0 Å². The van der Waals surface area contributed by atoms with Crippen LogP contribution in [-0.4, -0.2) is 107 Å². The number of nitrogens with one attached hydrogen (secondary N) is 3. The predicted molar refractivity (Wildman–Crippen MR) is 180 cm³/mol. The highest BCUT2D eigenvalue weighted by atomic mass is 19.1. The van der Waals surface area contributed by atoms with Crippen LogP contribution in [0.25, 0.3) is 0 Å². The van der Waals surface area contributed by atoms with Crippen molar-refractivity contribution in [1.29, 1.82) is 0 Å². The number of aryl methyl sites for hydroxylation is 1. The number of aromatic nitrogens is 2. The minimum atomic E-state index is -1.04. The second kappa shape index (κ2) is 15.4. The molecule has 6 atom stereocenters. The highest BCUT2D eigenvalue weighted by Crippen LogP contribution is 2.51. The van der Waals surface area contributed by atoms with Gasteiger partial charge in [-0.25, -0.2) is 4.39 Å². The molecular weight excluding hydrogens is 617 g/mol. The quantitative estimate of drug-likeness (QED) is 0.227. The Kier molecular flexibility index (Phi) is 11.5. The minimum Gasteiger partial charge on any atom is -0.376 e. The predicted octanol–water partition coefficient (Wildman–Crippen LogP) is 2.79. The van der Waals surface area contributed by atoms with Crippen molar-refractivity contribution in [3.63, 3.8) is 0 Å².